The Bertz CT molecular complexity index is 504. The molecule has 0 bridgehead atoms. The largest absolute Gasteiger partial charge is 0.326 e. The molecule has 102 valence electrons. The molecule has 0 saturated heterocycles. The molecule has 0 aliphatic heterocycles. The molecule has 4 nitrogen and oxygen atoms in total. The molecule has 1 rings (SSSR count). The van der Waals surface area contributed by atoms with Crippen molar-refractivity contribution in [1.82, 2.24) is 4.31 Å². The molecule has 0 heterocycles. The second kappa shape index (κ2) is 5.38. The number of nitrogens with zero attached hydrogens (tertiary/aromatic N) is 1. The highest BCUT2D eigenvalue weighted by atomic mass is 32.2. The molecule has 0 atom stereocenters. The maximum atomic E-state index is 12.5. The molecule has 0 aliphatic carbocycles. The number of benzene rings is 1. The molecule has 0 unspecified atom stereocenters. The van der Waals surface area contributed by atoms with E-state index in [0.717, 1.165) is 0 Å². The summed E-state index contributed by atoms with van der Waals surface area (Å²) >= 11 is 0. The molecule has 0 amide bonds. The summed E-state index contributed by atoms with van der Waals surface area (Å²) in [5, 5.41) is 0. The van der Waals surface area contributed by atoms with Crippen LogP contribution in [0.3, 0.4) is 0 Å². The molecule has 2 N–H and O–H groups in total. The third kappa shape index (κ3) is 3.54. The van der Waals surface area contributed by atoms with E-state index in [1.165, 1.54) is 4.31 Å². The summed E-state index contributed by atoms with van der Waals surface area (Å²) in [6, 6.07) is 6.87. The summed E-state index contributed by atoms with van der Waals surface area (Å²) in [4.78, 5) is 0.305. The van der Waals surface area contributed by atoms with Crippen LogP contribution in [-0.4, -0.2) is 26.3 Å². The highest BCUT2D eigenvalue weighted by molar-refractivity contribution is 7.89. The summed E-state index contributed by atoms with van der Waals surface area (Å²) in [5.41, 5.74) is 6.16. The number of hydrogen-bond acceptors (Lipinski definition) is 3. The van der Waals surface area contributed by atoms with E-state index in [2.05, 4.69) is 0 Å². The molecule has 18 heavy (non-hydrogen) atoms. The van der Waals surface area contributed by atoms with Gasteiger partial charge >= 0.3 is 0 Å². The molecule has 0 aliphatic rings. The Morgan fingerprint density at radius 3 is 2.28 bits per heavy atom. The van der Waals surface area contributed by atoms with Crippen LogP contribution in [0.1, 0.15) is 26.3 Å². The van der Waals surface area contributed by atoms with Crippen molar-refractivity contribution in [2.45, 2.75) is 32.2 Å². The smallest absolute Gasteiger partial charge is 0.243 e. The molecule has 0 aromatic heterocycles. The van der Waals surface area contributed by atoms with Crippen LogP contribution in [0, 0.1) is 5.41 Å². The second-order valence-electron chi connectivity index (χ2n) is 5.63. The first kappa shape index (κ1) is 15.1. The van der Waals surface area contributed by atoms with Crippen molar-refractivity contribution in [3.8, 4) is 0 Å². The predicted octanol–water partition coefficient (Wildman–Crippen LogP) is 1.81. The van der Waals surface area contributed by atoms with Gasteiger partial charge in [-0.1, -0.05) is 39.0 Å². The zero-order chi connectivity index (χ0) is 14.0. The molecule has 0 saturated carbocycles. The van der Waals surface area contributed by atoms with Gasteiger partial charge < -0.3 is 5.73 Å². The van der Waals surface area contributed by atoms with Crippen LogP contribution < -0.4 is 5.73 Å². The maximum Gasteiger partial charge on any atom is 0.243 e. The fourth-order valence-corrected chi connectivity index (χ4v) is 3.47. The van der Waals surface area contributed by atoms with E-state index in [1.807, 2.05) is 20.8 Å². The van der Waals surface area contributed by atoms with Crippen LogP contribution in [0.15, 0.2) is 29.2 Å². The standard InChI is InChI=1S/C13H22N2O2S/c1-13(2,3)10-15(4)18(16,17)12-8-6-5-7-11(12)9-14/h5-8H,9-10,14H2,1-4H3. The Morgan fingerprint density at radius 2 is 1.78 bits per heavy atom. The van der Waals surface area contributed by atoms with Gasteiger partial charge in [-0.25, -0.2) is 12.7 Å². The van der Waals surface area contributed by atoms with Gasteiger partial charge in [0, 0.05) is 20.1 Å². The van der Waals surface area contributed by atoms with Crippen molar-refractivity contribution in [2.75, 3.05) is 13.6 Å². The monoisotopic (exact) mass is 270 g/mol. The van der Waals surface area contributed by atoms with Crippen LogP contribution in [-0.2, 0) is 16.6 Å². The van der Waals surface area contributed by atoms with Crippen LogP contribution >= 0.6 is 0 Å². The average Bonchev–Trinajstić information content (AvgIpc) is 2.26. The lowest BCUT2D eigenvalue weighted by molar-refractivity contribution is 0.310. The lowest BCUT2D eigenvalue weighted by Crippen LogP contribution is -2.35. The Morgan fingerprint density at radius 1 is 1.22 bits per heavy atom. The molecule has 1 aromatic carbocycles. The number of nitrogens with two attached hydrogens (primary N) is 1. The average molecular weight is 270 g/mol. The lowest BCUT2D eigenvalue weighted by Gasteiger charge is -2.26. The highest BCUT2D eigenvalue weighted by Gasteiger charge is 2.26. The summed E-state index contributed by atoms with van der Waals surface area (Å²) < 4.78 is 26.3. The Balaban J connectivity index is 3.14. The fourth-order valence-electron chi connectivity index (χ4n) is 1.84. The van der Waals surface area contributed by atoms with E-state index in [0.29, 0.717) is 17.0 Å². The van der Waals surface area contributed by atoms with Gasteiger partial charge in [0.05, 0.1) is 4.90 Å². The minimum atomic E-state index is -3.46. The van der Waals surface area contributed by atoms with Gasteiger partial charge in [0.1, 0.15) is 0 Å². The number of rotatable bonds is 4. The molecular weight excluding hydrogens is 248 g/mol. The normalized spacial score (nSPS) is 13.0. The Hall–Kier alpha value is -0.910. The van der Waals surface area contributed by atoms with Crippen LogP contribution in [0.25, 0.3) is 0 Å². The molecule has 0 fully saturated rings. The molecule has 1 aromatic rings. The second-order valence-corrected chi connectivity index (χ2v) is 7.65. The van der Waals surface area contributed by atoms with Gasteiger partial charge in [-0.2, -0.15) is 0 Å². The summed E-state index contributed by atoms with van der Waals surface area (Å²) in [6.45, 7) is 6.71. The first-order valence-electron chi connectivity index (χ1n) is 5.93. The van der Waals surface area contributed by atoms with Gasteiger partial charge in [-0.3, -0.25) is 0 Å². The molecular formula is C13H22N2O2S. The van der Waals surface area contributed by atoms with E-state index < -0.39 is 10.0 Å². The quantitative estimate of drug-likeness (QED) is 0.907. The van der Waals surface area contributed by atoms with Gasteiger partial charge in [-0.15, -0.1) is 0 Å². The fraction of sp³-hybridized carbons (Fsp3) is 0.538. The number of hydrogen-bond donors (Lipinski definition) is 1. The molecule has 0 radical (unpaired) electrons. The van der Waals surface area contributed by atoms with Crippen molar-refractivity contribution in [3.05, 3.63) is 29.8 Å². The lowest BCUT2D eigenvalue weighted by atomic mass is 9.97. The molecule has 0 spiro atoms. The van der Waals surface area contributed by atoms with E-state index in [1.54, 1.807) is 31.3 Å². The van der Waals surface area contributed by atoms with E-state index in [9.17, 15) is 8.42 Å². The zero-order valence-electron chi connectivity index (χ0n) is 11.5. The van der Waals surface area contributed by atoms with Gasteiger partial charge in [0.25, 0.3) is 0 Å². The zero-order valence-corrected chi connectivity index (χ0v) is 12.3. The van der Waals surface area contributed by atoms with Crippen molar-refractivity contribution in [2.24, 2.45) is 11.1 Å². The van der Waals surface area contributed by atoms with Crippen LogP contribution in [0.4, 0.5) is 0 Å². The van der Waals surface area contributed by atoms with E-state index >= 15 is 0 Å². The van der Waals surface area contributed by atoms with Crippen molar-refractivity contribution < 1.29 is 8.42 Å². The highest BCUT2D eigenvalue weighted by Crippen LogP contribution is 2.23. The van der Waals surface area contributed by atoms with E-state index in [4.69, 9.17) is 5.73 Å². The third-order valence-electron chi connectivity index (χ3n) is 2.58. The third-order valence-corrected chi connectivity index (χ3v) is 4.48. The minimum absolute atomic E-state index is 0.0839. The minimum Gasteiger partial charge on any atom is -0.326 e. The van der Waals surface area contributed by atoms with Gasteiger partial charge in [-0.05, 0) is 17.0 Å². The SMILES string of the molecule is CN(CC(C)(C)C)S(=O)(=O)c1ccccc1CN. The predicted molar refractivity (Wildman–Crippen MR) is 73.6 cm³/mol. The number of sulfonamides is 1. The topological polar surface area (TPSA) is 63.4 Å². The first-order chi connectivity index (χ1) is 8.18. The van der Waals surface area contributed by atoms with Crippen molar-refractivity contribution in [3.63, 3.8) is 0 Å². The van der Waals surface area contributed by atoms with E-state index in [-0.39, 0.29) is 12.0 Å². The molecule has 5 heteroatoms. The van der Waals surface area contributed by atoms with Crippen molar-refractivity contribution in [1.29, 1.82) is 0 Å². The maximum absolute atomic E-state index is 12.5. The summed E-state index contributed by atoms with van der Waals surface area (Å²) in [7, 11) is -1.86. The van der Waals surface area contributed by atoms with Crippen LogP contribution in [0.2, 0.25) is 0 Å². The van der Waals surface area contributed by atoms with Crippen LogP contribution in [0.5, 0.6) is 0 Å². The first-order valence-corrected chi connectivity index (χ1v) is 7.37. The Kier molecular flexibility index (Phi) is 4.53. The van der Waals surface area contributed by atoms with Gasteiger partial charge in [0.15, 0.2) is 0 Å². The summed E-state index contributed by atoms with van der Waals surface area (Å²) in [6.07, 6.45) is 0. The Labute approximate surface area is 110 Å². The van der Waals surface area contributed by atoms with Gasteiger partial charge in [0.2, 0.25) is 10.0 Å². The summed E-state index contributed by atoms with van der Waals surface area (Å²) in [5.74, 6) is 0. The van der Waals surface area contributed by atoms with Crippen molar-refractivity contribution >= 4 is 10.0 Å².